The zero-order chi connectivity index (χ0) is 24.2. The van der Waals surface area contributed by atoms with Crippen LogP contribution in [0.15, 0.2) is 59.8 Å². The third kappa shape index (κ3) is 7.43. The molecule has 1 heterocycles. The monoisotopic (exact) mass is 482 g/mol. The molecule has 0 aliphatic carbocycles. The van der Waals surface area contributed by atoms with Gasteiger partial charge in [0.05, 0.1) is 12.9 Å². The molecule has 0 aliphatic heterocycles. The van der Waals surface area contributed by atoms with Crippen LogP contribution in [0.1, 0.15) is 34.6 Å². The van der Waals surface area contributed by atoms with Crippen LogP contribution in [0.25, 0.3) is 0 Å². The van der Waals surface area contributed by atoms with E-state index < -0.39 is 0 Å². The van der Waals surface area contributed by atoms with Crippen molar-refractivity contribution >= 4 is 23.5 Å². The highest BCUT2D eigenvalue weighted by Gasteiger charge is 2.16. The van der Waals surface area contributed by atoms with Crippen molar-refractivity contribution in [1.82, 2.24) is 20.1 Å². The van der Waals surface area contributed by atoms with Crippen molar-refractivity contribution in [3.63, 3.8) is 0 Å². The summed E-state index contributed by atoms with van der Waals surface area (Å²) < 4.78 is 12.5. The molecule has 2 aromatic carbocycles. The van der Waals surface area contributed by atoms with E-state index in [0.29, 0.717) is 36.8 Å². The highest BCUT2D eigenvalue weighted by atomic mass is 32.2. The van der Waals surface area contributed by atoms with E-state index in [1.807, 2.05) is 47.0 Å². The van der Waals surface area contributed by atoms with Crippen LogP contribution in [0.4, 0.5) is 0 Å². The minimum Gasteiger partial charge on any atom is -0.496 e. The van der Waals surface area contributed by atoms with Gasteiger partial charge in [0.2, 0.25) is 5.91 Å². The largest absolute Gasteiger partial charge is 0.496 e. The Morgan fingerprint density at radius 3 is 2.56 bits per heavy atom. The first kappa shape index (κ1) is 25.5. The van der Waals surface area contributed by atoms with Gasteiger partial charge in [-0.15, -0.1) is 10.2 Å². The van der Waals surface area contributed by atoms with Gasteiger partial charge in [0.15, 0.2) is 10.9 Å². The smallest absolute Gasteiger partial charge is 0.220 e. The predicted octanol–water partition coefficient (Wildman–Crippen LogP) is 3.55. The van der Waals surface area contributed by atoms with Gasteiger partial charge in [-0.2, -0.15) is 0 Å². The number of benzene rings is 2. The average Bonchev–Trinajstić information content (AvgIpc) is 3.27. The SMILES string of the molecule is COCCCn1c(CCC(=O)NCc2ccccc2OC)nnc1SCC(=O)c1ccccc1. The molecule has 0 aliphatic rings. The highest BCUT2D eigenvalue weighted by molar-refractivity contribution is 7.99. The standard InChI is InChI=1S/C25H30N4O4S/c1-32-16-8-15-29-23(13-14-24(31)26-17-20-11-6-7-12-22(20)33-2)27-28-25(29)34-18-21(30)19-9-4-3-5-10-19/h3-7,9-12H,8,13-18H2,1-2H3,(H,26,31). The molecular formula is C25H30N4O4S. The second-order valence-corrected chi connectivity index (χ2v) is 8.51. The number of amides is 1. The molecule has 8 nitrogen and oxygen atoms in total. The number of methoxy groups -OCH3 is 2. The van der Waals surface area contributed by atoms with E-state index in [1.165, 1.54) is 11.8 Å². The number of ketones is 1. The van der Waals surface area contributed by atoms with Crippen LogP contribution < -0.4 is 10.1 Å². The molecule has 0 unspecified atom stereocenters. The van der Waals surface area contributed by atoms with Gasteiger partial charge in [-0.1, -0.05) is 60.3 Å². The van der Waals surface area contributed by atoms with Gasteiger partial charge in [-0.25, -0.2) is 0 Å². The van der Waals surface area contributed by atoms with Crippen molar-refractivity contribution in [2.24, 2.45) is 0 Å². The van der Waals surface area contributed by atoms with Crippen LogP contribution in [0.5, 0.6) is 5.75 Å². The molecule has 0 bridgehead atoms. The first-order chi connectivity index (χ1) is 16.6. The summed E-state index contributed by atoms with van der Waals surface area (Å²) in [5.41, 5.74) is 1.59. The number of thioether (sulfide) groups is 1. The molecule has 1 N–H and O–H groups in total. The van der Waals surface area contributed by atoms with Crippen molar-refractivity contribution in [3.05, 3.63) is 71.5 Å². The van der Waals surface area contributed by atoms with Crippen molar-refractivity contribution in [1.29, 1.82) is 0 Å². The summed E-state index contributed by atoms with van der Waals surface area (Å²) in [6.07, 6.45) is 1.51. The lowest BCUT2D eigenvalue weighted by atomic mass is 10.2. The molecule has 0 spiro atoms. The summed E-state index contributed by atoms with van der Waals surface area (Å²) >= 11 is 1.36. The lowest BCUT2D eigenvalue weighted by Crippen LogP contribution is -2.23. The highest BCUT2D eigenvalue weighted by Crippen LogP contribution is 2.20. The van der Waals surface area contributed by atoms with Gasteiger partial charge in [0, 0.05) is 50.8 Å². The summed E-state index contributed by atoms with van der Waals surface area (Å²) in [5, 5.41) is 12.2. The summed E-state index contributed by atoms with van der Waals surface area (Å²) in [6, 6.07) is 16.8. The van der Waals surface area contributed by atoms with Crippen molar-refractivity contribution in [2.45, 2.75) is 37.5 Å². The van der Waals surface area contributed by atoms with Gasteiger partial charge < -0.3 is 19.4 Å². The van der Waals surface area contributed by atoms with Crippen LogP contribution in [-0.2, 0) is 29.0 Å². The second kappa shape index (κ2) is 13.5. The third-order valence-electron chi connectivity index (χ3n) is 5.20. The topological polar surface area (TPSA) is 95.3 Å². The Hall–Kier alpha value is -3.17. The van der Waals surface area contributed by atoms with Crippen molar-refractivity contribution < 1.29 is 19.1 Å². The fourth-order valence-electron chi connectivity index (χ4n) is 3.40. The number of Topliss-reactive ketones (excluding diaryl/α,β-unsaturated/α-hetero) is 1. The maximum atomic E-state index is 12.5. The predicted molar refractivity (Wildman–Crippen MR) is 131 cm³/mol. The number of rotatable bonds is 14. The fraction of sp³-hybridized carbons (Fsp3) is 0.360. The first-order valence-electron chi connectivity index (χ1n) is 11.1. The van der Waals surface area contributed by atoms with Crippen LogP contribution in [0, 0.1) is 0 Å². The maximum Gasteiger partial charge on any atom is 0.220 e. The van der Waals surface area contributed by atoms with Gasteiger partial charge in [-0.05, 0) is 12.5 Å². The van der Waals surface area contributed by atoms with E-state index in [-0.39, 0.29) is 23.9 Å². The number of aryl methyl sites for hydroxylation is 1. The normalized spacial score (nSPS) is 10.8. The Morgan fingerprint density at radius 2 is 1.79 bits per heavy atom. The zero-order valence-electron chi connectivity index (χ0n) is 19.5. The molecule has 0 radical (unpaired) electrons. The van der Waals surface area contributed by atoms with E-state index >= 15 is 0 Å². The molecule has 0 saturated carbocycles. The molecule has 0 fully saturated rings. The molecule has 34 heavy (non-hydrogen) atoms. The van der Waals surface area contributed by atoms with E-state index in [0.717, 1.165) is 23.6 Å². The Labute approximate surface area is 204 Å². The second-order valence-electron chi connectivity index (χ2n) is 7.56. The zero-order valence-corrected chi connectivity index (χ0v) is 20.3. The summed E-state index contributed by atoms with van der Waals surface area (Å²) in [7, 11) is 3.27. The van der Waals surface area contributed by atoms with Crippen molar-refractivity contribution in [3.8, 4) is 5.75 Å². The van der Waals surface area contributed by atoms with Gasteiger partial charge >= 0.3 is 0 Å². The van der Waals surface area contributed by atoms with Gasteiger partial charge in [0.1, 0.15) is 11.6 Å². The molecular weight excluding hydrogens is 452 g/mol. The van der Waals surface area contributed by atoms with Crippen LogP contribution in [0.3, 0.4) is 0 Å². The van der Waals surface area contributed by atoms with Gasteiger partial charge in [0.25, 0.3) is 0 Å². The van der Waals surface area contributed by atoms with Crippen LogP contribution in [-0.4, -0.2) is 53.0 Å². The molecule has 1 amide bonds. The maximum absolute atomic E-state index is 12.5. The van der Waals surface area contributed by atoms with Crippen molar-refractivity contribution in [2.75, 3.05) is 26.6 Å². The number of aromatic nitrogens is 3. The summed E-state index contributed by atoms with van der Waals surface area (Å²) in [4.78, 5) is 24.9. The lowest BCUT2D eigenvalue weighted by molar-refractivity contribution is -0.121. The lowest BCUT2D eigenvalue weighted by Gasteiger charge is -2.11. The molecule has 3 rings (SSSR count). The van der Waals surface area contributed by atoms with E-state index in [4.69, 9.17) is 9.47 Å². The Kier molecular flexibility index (Phi) is 10.1. The van der Waals surface area contributed by atoms with E-state index in [2.05, 4.69) is 15.5 Å². The number of carbonyl (C=O) groups excluding carboxylic acids is 2. The number of para-hydroxylation sites is 1. The minimum absolute atomic E-state index is 0.0364. The Bertz CT molecular complexity index is 1070. The Morgan fingerprint density at radius 1 is 1.03 bits per heavy atom. The number of nitrogens with zero attached hydrogens (tertiary/aromatic N) is 3. The number of nitrogens with one attached hydrogen (secondary N) is 1. The molecule has 1 aromatic heterocycles. The summed E-state index contributed by atoms with van der Waals surface area (Å²) in [5.74, 6) is 1.69. The molecule has 3 aromatic rings. The summed E-state index contributed by atoms with van der Waals surface area (Å²) in [6.45, 7) is 1.65. The minimum atomic E-state index is -0.0780. The van der Waals surface area contributed by atoms with E-state index in [9.17, 15) is 9.59 Å². The number of ether oxygens (including phenoxy) is 2. The number of carbonyl (C=O) groups is 2. The van der Waals surface area contributed by atoms with Crippen LogP contribution in [0.2, 0.25) is 0 Å². The quantitative estimate of drug-likeness (QED) is 0.213. The molecule has 180 valence electrons. The first-order valence-corrected chi connectivity index (χ1v) is 12.1. The number of hydrogen-bond donors (Lipinski definition) is 1. The van der Waals surface area contributed by atoms with Gasteiger partial charge in [-0.3, -0.25) is 9.59 Å². The fourth-order valence-corrected chi connectivity index (χ4v) is 4.27. The third-order valence-corrected chi connectivity index (χ3v) is 6.16. The molecule has 0 saturated heterocycles. The molecule has 0 atom stereocenters. The Balaban J connectivity index is 1.58. The number of hydrogen-bond acceptors (Lipinski definition) is 7. The van der Waals surface area contributed by atoms with Crippen LogP contribution >= 0.6 is 11.8 Å². The molecule has 9 heteroatoms. The van der Waals surface area contributed by atoms with E-state index in [1.54, 1.807) is 26.4 Å². The average molecular weight is 483 g/mol.